The van der Waals surface area contributed by atoms with Crippen LogP contribution in [0.4, 0.5) is 17.6 Å². The Morgan fingerprint density at radius 1 is 0.977 bits per heavy atom. The molecular weight excluding hydrogens is 578 g/mol. The first-order chi connectivity index (χ1) is 21.0. The fourth-order valence-corrected chi connectivity index (χ4v) is 5.45. The molecule has 5 aromatic rings. The summed E-state index contributed by atoms with van der Waals surface area (Å²) in [6.07, 6.45) is -0.0580. The van der Waals surface area contributed by atoms with Crippen molar-refractivity contribution in [3.8, 4) is 17.1 Å². The Bertz CT molecular complexity index is 1910. The minimum Gasteiger partial charge on any atom is -0.478 e. The fraction of sp³-hybridized carbons (Fsp3) is 0.242. The van der Waals surface area contributed by atoms with E-state index in [0.717, 1.165) is 24.3 Å². The molecule has 0 amide bonds. The summed E-state index contributed by atoms with van der Waals surface area (Å²) in [4.78, 5) is 20.7. The summed E-state index contributed by atoms with van der Waals surface area (Å²) in [6.45, 7) is 4.78. The number of carboxylic acid groups (broad SMARTS) is 1. The van der Waals surface area contributed by atoms with Gasteiger partial charge in [-0.05, 0) is 59.7 Å². The Hall–Kier alpha value is -4.77. The number of imidazole rings is 1. The first-order valence-electron chi connectivity index (χ1n) is 13.8. The van der Waals surface area contributed by atoms with Gasteiger partial charge in [0.15, 0.2) is 11.6 Å². The van der Waals surface area contributed by atoms with E-state index in [4.69, 9.17) is 9.47 Å². The highest BCUT2D eigenvalue weighted by Gasteiger charge is 2.39. The van der Waals surface area contributed by atoms with Crippen LogP contribution in [0.2, 0.25) is 0 Å². The minimum atomic E-state index is -1.08. The van der Waals surface area contributed by atoms with Crippen molar-refractivity contribution < 1.29 is 36.9 Å². The summed E-state index contributed by atoms with van der Waals surface area (Å²) < 4.78 is 71.1. The molecule has 1 aliphatic heterocycles. The lowest BCUT2D eigenvalue weighted by atomic mass is 9.87. The normalized spacial score (nSPS) is 16.0. The summed E-state index contributed by atoms with van der Waals surface area (Å²) in [5.41, 5.74) is 1.34. The van der Waals surface area contributed by atoms with Crippen molar-refractivity contribution in [2.45, 2.75) is 32.9 Å². The fourth-order valence-electron chi connectivity index (χ4n) is 5.45. The number of aromatic carboxylic acids is 1. The van der Waals surface area contributed by atoms with Crippen molar-refractivity contribution in [3.63, 3.8) is 0 Å². The predicted molar refractivity (Wildman–Crippen MR) is 153 cm³/mol. The van der Waals surface area contributed by atoms with Gasteiger partial charge in [0, 0.05) is 23.5 Å². The average molecular weight is 606 g/mol. The second-order valence-corrected chi connectivity index (χ2v) is 11.4. The molecule has 1 N–H and O–H groups in total. The maximum atomic E-state index is 15.6. The maximum Gasteiger partial charge on any atom is 0.335 e. The van der Waals surface area contributed by atoms with E-state index < -0.39 is 29.2 Å². The molecule has 0 aliphatic carbocycles. The number of carbonyl (C=O) groups is 1. The van der Waals surface area contributed by atoms with E-state index in [-0.39, 0.29) is 52.7 Å². The van der Waals surface area contributed by atoms with Crippen LogP contribution >= 0.6 is 0 Å². The lowest BCUT2D eigenvalue weighted by Crippen LogP contribution is -2.27. The number of rotatable bonds is 8. The molecule has 3 aromatic carbocycles. The van der Waals surface area contributed by atoms with Crippen molar-refractivity contribution in [3.05, 3.63) is 113 Å². The smallest absolute Gasteiger partial charge is 0.335 e. The highest BCUT2D eigenvalue weighted by Crippen LogP contribution is 2.40. The van der Waals surface area contributed by atoms with E-state index in [1.165, 1.54) is 30.3 Å². The van der Waals surface area contributed by atoms with Gasteiger partial charge in [-0.3, -0.25) is 0 Å². The number of fused-ring (bicyclic) bond motifs is 1. The Labute approximate surface area is 249 Å². The van der Waals surface area contributed by atoms with E-state index in [9.17, 15) is 18.7 Å². The van der Waals surface area contributed by atoms with Gasteiger partial charge in [0.1, 0.15) is 24.1 Å². The van der Waals surface area contributed by atoms with Crippen LogP contribution in [0.1, 0.15) is 47.2 Å². The minimum absolute atomic E-state index is 0.0580. The van der Waals surface area contributed by atoms with Crippen molar-refractivity contribution >= 4 is 17.0 Å². The number of pyridine rings is 1. The zero-order chi connectivity index (χ0) is 31.2. The molecule has 1 aliphatic rings. The SMILES string of the molecule is CC1(C)COCC1n1c(Cc2cc(F)c(-c3cccc(OCc4ccc(F)c(F)c4)n3)cc2F)nc2ccc(C(=O)O)cc21. The Balaban J connectivity index is 1.31. The standard InChI is InChI=1S/C33H27F4N3O4/c1-33(2)17-43-16-29(33)40-28-12-19(32(41)42)7-9-27(28)38-30(40)13-20-11-24(36)21(14-23(20)35)26-4-3-5-31(39-26)44-15-18-6-8-22(34)25(37)10-18/h3-12,14,29H,13,15-17H2,1-2H3,(H,41,42). The van der Waals surface area contributed by atoms with E-state index in [1.54, 1.807) is 12.1 Å². The number of aromatic nitrogens is 3. The Kier molecular flexibility index (Phi) is 7.58. The van der Waals surface area contributed by atoms with Gasteiger partial charge >= 0.3 is 5.97 Å². The van der Waals surface area contributed by atoms with Crippen LogP contribution in [0, 0.1) is 28.7 Å². The number of halogens is 4. The number of benzene rings is 3. The van der Waals surface area contributed by atoms with E-state index in [1.807, 2.05) is 18.4 Å². The van der Waals surface area contributed by atoms with Crippen molar-refractivity contribution in [2.24, 2.45) is 5.41 Å². The van der Waals surface area contributed by atoms with Gasteiger partial charge in [-0.25, -0.2) is 32.3 Å². The third-order valence-electron chi connectivity index (χ3n) is 7.83. The molecule has 44 heavy (non-hydrogen) atoms. The molecule has 0 radical (unpaired) electrons. The van der Waals surface area contributed by atoms with Crippen molar-refractivity contribution in [1.29, 1.82) is 0 Å². The van der Waals surface area contributed by atoms with Gasteiger partial charge in [-0.15, -0.1) is 0 Å². The number of ether oxygens (including phenoxy) is 2. The highest BCUT2D eigenvalue weighted by molar-refractivity contribution is 5.92. The second kappa shape index (κ2) is 11.4. The number of hydrogen-bond acceptors (Lipinski definition) is 5. The summed E-state index contributed by atoms with van der Waals surface area (Å²) >= 11 is 0. The van der Waals surface area contributed by atoms with E-state index in [0.29, 0.717) is 35.6 Å². The summed E-state index contributed by atoms with van der Waals surface area (Å²) in [6, 6.07) is 14.5. The first-order valence-corrected chi connectivity index (χ1v) is 13.8. The van der Waals surface area contributed by atoms with Crippen LogP contribution in [-0.4, -0.2) is 38.8 Å². The average Bonchev–Trinajstić information content (AvgIpc) is 3.52. The molecular formula is C33H27F4N3O4. The molecule has 1 atom stereocenters. The molecule has 0 saturated carbocycles. The highest BCUT2D eigenvalue weighted by atomic mass is 19.2. The quantitative estimate of drug-likeness (QED) is 0.190. The van der Waals surface area contributed by atoms with E-state index in [2.05, 4.69) is 9.97 Å². The molecule has 6 rings (SSSR count). The lowest BCUT2D eigenvalue weighted by molar-refractivity contribution is 0.0697. The van der Waals surface area contributed by atoms with Gasteiger partial charge < -0.3 is 19.1 Å². The van der Waals surface area contributed by atoms with Crippen molar-refractivity contribution in [2.75, 3.05) is 13.2 Å². The van der Waals surface area contributed by atoms with Gasteiger partial charge in [-0.2, -0.15) is 0 Å². The molecule has 226 valence electrons. The number of hydrogen-bond donors (Lipinski definition) is 1. The lowest BCUT2D eigenvalue weighted by Gasteiger charge is -2.28. The largest absolute Gasteiger partial charge is 0.478 e. The molecule has 1 fully saturated rings. The molecule has 7 nitrogen and oxygen atoms in total. The molecule has 1 unspecified atom stereocenters. The van der Waals surface area contributed by atoms with Crippen LogP contribution < -0.4 is 4.74 Å². The molecule has 0 bridgehead atoms. The van der Waals surface area contributed by atoms with Crippen LogP contribution in [0.25, 0.3) is 22.3 Å². The second-order valence-electron chi connectivity index (χ2n) is 11.4. The van der Waals surface area contributed by atoms with Crippen molar-refractivity contribution in [1.82, 2.24) is 14.5 Å². The third-order valence-corrected chi connectivity index (χ3v) is 7.83. The van der Waals surface area contributed by atoms with Gasteiger partial charge in [0.05, 0.1) is 41.5 Å². The van der Waals surface area contributed by atoms with Gasteiger partial charge in [0.25, 0.3) is 0 Å². The summed E-state index contributed by atoms with van der Waals surface area (Å²) in [7, 11) is 0. The topological polar surface area (TPSA) is 86.5 Å². The summed E-state index contributed by atoms with van der Waals surface area (Å²) in [5, 5.41) is 9.57. The third kappa shape index (κ3) is 5.62. The van der Waals surface area contributed by atoms with Crippen LogP contribution in [0.5, 0.6) is 5.88 Å². The summed E-state index contributed by atoms with van der Waals surface area (Å²) in [5.74, 6) is -3.92. The zero-order valence-electron chi connectivity index (χ0n) is 23.8. The molecule has 2 aromatic heterocycles. The number of nitrogens with zero attached hydrogens (tertiary/aromatic N) is 3. The van der Waals surface area contributed by atoms with Crippen LogP contribution in [0.3, 0.4) is 0 Å². The molecule has 3 heterocycles. The van der Waals surface area contributed by atoms with Crippen LogP contribution in [-0.2, 0) is 17.8 Å². The monoisotopic (exact) mass is 605 g/mol. The predicted octanol–water partition coefficient (Wildman–Crippen LogP) is 7.12. The zero-order valence-corrected chi connectivity index (χ0v) is 23.8. The molecule has 1 saturated heterocycles. The van der Waals surface area contributed by atoms with E-state index >= 15 is 8.78 Å². The van der Waals surface area contributed by atoms with Crippen LogP contribution in [0.15, 0.2) is 66.7 Å². The molecule has 0 spiro atoms. The number of carboxylic acids is 1. The van der Waals surface area contributed by atoms with Gasteiger partial charge in [0.2, 0.25) is 5.88 Å². The molecule has 11 heteroatoms. The maximum absolute atomic E-state index is 15.6. The first kappa shape index (κ1) is 29.3. The van der Waals surface area contributed by atoms with Gasteiger partial charge in [-0.1, -0.05) is 26.0 Å². The Morgan fingerprint density at radius 2 is 1.80 bits per heavy atom. The Morgan fingerprint density at radius 3 is 2.52 bits per heavy atom.